The number of piperazine rings is 1. The quantitative estimate of drug-likeness (QED) is 0.256. The van der Waals surface area contributed by atoms with Gasteiger partial charge in [-0.25, -0.2) is 4.39 Å². The molecule has 3 unspecified atom stereocenters. The van der Waals surface area contributed by atoms with Crippen molar-refractivity contribution in [1.29, 1.82) is 0 Å². The van der Waals surface area contributed by atoms with E-state index in [1.807, 2.05) is 12.1 Å². The summed E-state index contributed by atoms with van der Waals surface area (Å²) in [6.07, 6.45) is 15.5. The highest BCUT2D eigenvalue weighted by Crippen LogP contribution is 2.54. The largest absolute Gasteiger partial charge is 0.508 e. The Morgan fingerprint density at radius 3 is 2.92 bits per heavy atom. The van der Waals surface area contributed by atoms with Gasteiger partial charge in [-0.2, -0.15) is 9.97 Å². The first kappa shape index (κ1) is 28.2. The van der Waals surface area contributed by atoms with Gasteiger partial charge in [-0.05, 0) is 68.7 Å². The zero-order chi connectivity index (χ0) is 32.1. The number of aromatic nitrogens is 4. The highest BCUT2D eigenvalue weighted by Gasteiger charge is 2.58. The molecule has 2 N–H and O–H groups in total. The second kappa shape index (κ2) is 10.4. The molecule has 11 heteroatoms. The molecule has 10 nitrogen and oxygen atoms in total. The van der Waals surface area contributed by atoms with E-state index < -0.39 is 5.82 Å². The molecule has 1 aliphatic carbocycles. The van der Waals surface area contributed by atoms with Crippen LogP contribution >= 0.6 is 0 Å². The predicted molar refractivity (Wildman–Crippen MR) is 178 cm³/mol. The van der Waals surface area contributed by atoms with Crippen LogP contribution in [0.2, 0.25) is 0 Å². The van der Waals surface area contributed by atoms with E-state index in [1.165, 1.54) is 11.6 Å². The number of nitrogens with one attached hydrogen (secondary N) is 1. The van der Waals surface area contributed by atoms with Gasteiger partial charge in [0.05, 0.1) is 16.6 Å². The number of rotatable bonds is 5. The van der Waals surface area contributed by atoms with Crippen molar-refractivity contribution < 1.29 is 18.8 Å². The molecular formula is C37H34FN7O3. The van der Waals surface area contributed by atoms with E-state index in [-0.39, 0.29) is 28.5 Å². The number of hydrogen-bond acceptors (Lipinski definition) is 10. The average Bonchev–Trinajstić information content (AvgIpc) is 3.90. The highest BCUT2D eigenvalue weighted by molar-refractivity contribution is 6.02. The molecule has 0 amide bonds. The summed E-state index contributed by atoms with van der Waals surface area (Å²) < 4.78 is 28.8. The lowest BCUT2D eigenvalue weighted by atomic mass is 9.89. The molecule has 2 bridgehead atoms. The molecule has 0 saturated carbocycles. The van der Waals surface area contributed by atoms with Gasteiger partial charge in [-0.1, -0.05) is 23.2 Å². The van der Waals surface area contributed by atoms with Gasteiger partial charge < -0.3 is 24.6 Å². The summed E-state index contributed by atoms with van der Waals surface area (Å²) in [6, 6.07) is 9.85. The summed E-state index contributed by atoms with van der Waals surface area (Å²) in [7, 11) is 0. The van der Waals surface area contributed by atoms with Crippen LogP contribution in [0, 0.1) is 18.2 Å². The number of hydrogen-bond donors (Lipinski definition) is 2. The Labute approximate surface area is 276 Å². The molecular weight excluding hydrogens is 609 g/mol. The molecule has 4 aliphatic heterocycles. The third-order valence-electron chi connectivity index (χ3n) is 11.6. The fraction of sp³-hybridized carbons (Fsp3) is 0.405. The van der Waals surface area contributed by atoms with Crippen LogP contribution in [-0.2, 0) is 6.42 Å². The topological polar surface area (TPSA) is 113 Å². The number of fused-ring (bicyclic) bond motifs is 9. The van der Waals surface area contributed by atoms with Gasteiger partial charge >= 0.3 is 6.01 Å². The first-order valence-corrected chi connectivity index (χ1v) is 16.9. The van der Waals surface area contributed by atoms with E-state index in [2.05, 4.69) is 31.2 Å². The Kier molecular flexibility index (Phi) is 6.09. The summed E-state index contributed by atoms with van der Waals surface area (Å²) >= 11 is 0. The van der Waals surface area contributed by atoms with Crippen LogP contribution < -0.4 is 15.0 Å². The minimum Gasteiger partial charge on any atom is -0.508 e. The first-order chi connectivity index (χ1) is 23.5. The molecule has 5 atom stereocenters. The summed E-state index contributed by atoms with van der Waals surface area (Å²) in [4.78, 5) is 19.2. The number of halogens is 1. The normalized spacial score (nSPS) is 27.4. The number of ether oxygens (including phenoxy) is 1. The smallest absolute Gasteiger partial charge is 0.319 e. The molecule has 3 aromatic heterocycles. The van der Waals surface area contributed by atoms with Crippen molar-refractivity contribution in [3.8, 4) is 35.4 Å². The zero-order valence-electron chi connectivity index (χ0n) is 26.3. The van der Waals surface area contributed by atoms with Crippen LogP contribution in [0.5, 0.6) is 11.8 Å². The standard InChI is InChI=1S/C37H34FN7O3/c1-2-20-5-3-6-21-11-25(46)13-26(30(20)21)33-31(38)34-28(15-39-33)35(44-16-23-7-8-24(17-44)40-23)42-36(41-34)47-19-37-9-4-10-45(37)29-12-22-18-48-43-32(22)27(29)14-37/h1,3,5-6,11,13,15,18,23-24,27,29,40,46H,4,7-10,12,14,16-17,19H2/t23-,24+,27?,29?,37?. The third kappa shape index (κ3) is 4.12. The van der Waals surface area contributed by atoms with Crippen molar-refractivity contribution in [2.45, 2.75) is 68.1 Å². The molecule has 0 radical (unpaired) electrons. The number of nitrogens with zero attached hydrogens (tertiary/aromatic N) is 6. The first-order valence-electron chi connectivity index (χ1n) is 16.9. The average molecular weight is 644 g/mol. The third-order valence-corrected chi connectivity index (χ3v) is 11.6. The van der Waals surface area contributed by atoms with Gasteiger partial charge in [0, 0.05) is 65.4 Å². The monoisotopic (exact) mass is 643 g/mol. The van der Waals surface area contributed by atoms with Crippen LogP contribution in [0.15, 0.2) is 47.3 Å². The van der Waals surface area contributed by atoms with Crippen molar-refractivity contribution in [2.24, 2.45) is 0 Å². The maximum absolute atomic E-state index is 17.0. The number of aromatic hydroxyl groups is 1. The predicted octanol–water partition coefficient (Wildman–Crippen LogP) is 4.93. The van der Waals surface area contributed by atoms with Gasteiger partial charge in [-0.3, -0.25) is 9.88 Å². The maximum atomic E-state index is 17.0. The number of phenolic OH excluding ortho intramolecular Hbond substituents is 1. The minimum atomic E-state index is -0.604. The lowest BCUT2D eigenvalue weighted by molar-refractivity contribution is 0.0849. The lowest BCUT2D eigenvalue weighted by Gasteiger charge is -2.35. The fourth-order valence-electron chi connectivity index (χ4n) is 9.56. The fourth-order valence-corrected chi connectivity index (χ4v) is 9.56. The maximum Gasteiger partial charge on any atom is 0.319 e. The van der Waals surface area contributed by atoms with Gasteiger partial charge in [0.25, 0.3) is 0 Å². The molecule has 10 rings (SSSR count). The van der Waals surface area contributed by atoms with Crippen molar-refractivity contribution in [3.63, 3.8) is 0 Å². The number of benzene rings is 2. The Morgan fingerprint density at radius 2 is 2.06 bits per heavy atom. The van der Waals surface area contributed by atoms with E-state index in [1.54, 1.807) is 24.6 Å². The molecule has 4 fully saturated rings. The van der Waals surface area contributed by atoms with Gasteiger partial charge in [0.2, 0.25) is 0 Å². The lowest BCUT2D eigenvalue weighted by Crippen LogP contribution is -2.51. The molecule has 242 valence electrons. The van der Waals surface area contributed by atoms with Crippen LogP contribution in [-0.4, -0.2) is 80.0 Å². The van der Waals surface area contributed by atoms with Crippen LogP contribution in [0.3, 0.4) is 0 Å². The van der Waals surface area contributed by atoms with Crippen molar-refractivity contribution in [3.05, 3.63) is 65.4 Å². The van der Waals surface area contributed by atoms with E-state index >= 15 is 4.39 Å². The Balaban J connectivity index is 1.08. The van der Waals surface area contributed by atoms with Crippen LogP contribution in [0.25, 0.3) is 32.9 Å². The SMILES string of the molecule is C#Cc1cccc2cc(O)cc(-c3ncc4c(N5C[C@H]6CC[C@@H](C5)N6)nc(OCC56CCCN5C5Cc7conc7C5C6)nc4c3F)c12. The highest BCUT2D eigenvalue weighted by atomic mass is 19.1. The Hall–Kier alpha value is -4.79. The van der Waals surface area contributed by atoms with Crippen molar-refractivity contribution in [2.75, 3.05) is 31.1 Å². The summed E-state index contributed by atoms with van der Waals surface area (Å²) in [5.74, 6) is 3.05. The van der Waals surface area contributed by atoms with Crippen molar-refractivity contribution in [1.82, 2.24) is 30.3 Å². The molecule has 0 spiro atoms. The number of anilines is 1. The van der Waals surface area contributed by atoms with Gasteiger partial charge in [0.15, 0.2) is 5.82 Å². The van der Waals surface area contributed by atoms with Crippen LogP contribution in [0.4, 0.5) is 10.2 Å². The van der Waals surface area contributed by atoms with Gasteiger partial charge in [0.1, 0.15) is 35.6 Å². The number of terminal acetylenes is 1. The Morgan fingerprint density at radius 1 is 1.19 bits per heavy atom. The molecule has 4 saturated heterocycles. The second-order valence-corrected chi connectivity index (χ2v) is 14.2. The van der Waals surface area contributed by atoms with Crippen LogP contribution in [0.1, 0.15) is 54.8 Å². The van der Waals surface area contributed by atoms with E-state index in [4.69, 9.17) is 25.7 Å². The molecule has 5 aromatic rings. The molecule has 7 heterocycles. The second-order valence-electron chi connectivity index (χ2n) is 14.2. The molecule has 48 heavy (non-hydrogen) atoms. The minimum absolute atomic E-state index is 0.00361. The van der Waals surface area contributed by atoms with Crippen molar-refractivity contribution >= 4 is 27.5 Å². The van der Waals surface area contributed by atoms with E-state index in [0.717, 1.165) is 63.9 Å². The number of pyridine rings is 1. The van der Waals surface area contributed by atoms with Gasteiger partial charge in [-0.15, -0.1) is 6.42 Å². The summed E-state index contributed by atoms with van der Waals surface area (Å²) in [5.41, 5.74) is 3.34. The molecule has 2 aromatic carbocycles. The number of phenols is 1. The molecule has 5 aliphatic rings. The Bertz CT molecular complexity index is 2170. The van der Waals surface area contributed by atoms with E-state index in [0.29, 0.717) is 63.8 Å². The summed E-state index contributed by atoms with van der Waals surface area (Å²) in [6.45, 7) is 2.94. The van der Waals surface area contributed by atoms with E-state index in [9.17, 15) is 5.11 Å². The zero-order valence-corrected chi connectivity index (χ0v) is 26.3. The summed E-state index contributed by atoms with van der Waals surface area (Å²) in [5, 5.41) is 20.5.